The molecule has 114 valence electrons. The Morgan fingerprint density at radius 2 is 1.90 bits per heavy atom. The summed E-state index contributed by atoms with van der Waals surface area (Å²) in [5, 5.41) is 3.39. The molecule has 0 fully saturated rings. The van der Waals surface area contributed by atoms with E-state index in [1.165, 1.54) is 11.8 Å². The molecule has 0 spiro atoms. The lowest BCUT2D eigenvalue weighted by atomic mass is 10.1. The molecular weight excluding hydrogens is 274 g/mol. The van der Waals surface area contributed by atoms with Crippen LogP contribution in [0, 0.1) is 0 Å². The number of hydrogen-bond donors (Lipinski definition) is 1. The fourth-order valence-electron chi connectivity index (χ4n) is 1.90. The number of rotatable bonds is 9. The van der Waals surface area contributed by atoms with Gasteiger partial charge in [0.15, 0.2) is 9.84 Å². The van der Waals surface area contributed by atoms with Gasteiger partial charge in [-0.1, -0.05) is 19.1 Å². The lowest BCUT2D eigenvalue weighted by Crippen LogP contribution is -2.25. The average molecular weight is 299 g/mol. The Morgan fingerprint density at radius 1 is 1.25 bits per heavy atom. The molecule has 0 aromatic heterocycles. The van der Waals surface area contributed by atoms with Gasteiger partial charge in [0.2, 0.25) is 0 Å². The summed E-state index contributed by atoms with van der Waals surface area (Å²) in [6.07, 6.45) is 3.34. The van der Waals surface area contributed by atoms with E-state index in [0.29, 0.717) is 6.04 Å². The summed E-state index contributed by atoms with van der Waals surface area (Å²) in [6.45, 7) is 5.50. The van der Waals surface area contributed by atoms with Crippen molar-refractivity contribution in [3.63, 3.8) is 0 Å². The van der Waals surface area contributed by atoms with Crippen molar-refractivity contribution in [3.05, 3.63) is 29.8 Å². The van der Waals surface area contributed by atoms with Crippen LogP contribution in [-0.4, -0.2) is 39.6 Å². The van der Waals surface area contributed by atoms with E-state index in [1.807, 2.05) is 24.3 Å². The van der Waals surface area contributed by atoms with Crippen LogP contribution in [0.1, 0.15) is 25.8 Å². The fraction of sp³-hybridized carbons (Fsp3) is 0.600. The minimum Gasteiger partial charge on any atom is -0.493 e. The number of hydrogen-bond acceptors (Lipinski definition) is 4. The molecule has 0 saturated heterocycles. The summed E-state index contributed by atoms with van der Waals surface area (Å²) in [4.78, 5) is 0. The third-order valence-corrected chi connectivity index (χ3v) is 3.97. The van der Waals surface area contributed by atoms with Crippen molar-refractivity contribution < 1.29 is 13.2 Å². The molecule has 0 heterocycles. The molecule has 4 nitrogen and oxygen atoms in total. The van der Waals surface area contributed by atoms with Gasteiger partial charge < -0.3 is 10.1 Å². The summed E-state index contributed by atoms with van der Waals surface area (Å²) in [6, 6.07) is 8.39. The number of benzene rings is 1. The topological polar surface area (TPSA) is 55.4 Å². The molecule has 0 bridgehead atoms. The van der Waals surface area contributed by atoms with Crippen molar-refractivity contribution in [3.8, 4) is 5.75 Å². The van der Waals surface area contributed by atoms with E-state index < -0.39 is 9.84 Å². The van der Waals surface area contributed by atoms with E-state index in [4.69, 9.17) is 4.74 Å². The van der Waals surface area contributed by atoms with Gasteiger partial charge in [-0.05, 0) is 44.0 Å². The Balaban J connectivity index is 2.36. The molecular formula is C15H25NO3S. The van der Waals surface area contributed by atoms with Gasteiger partial charge in [0.05, 0.1) is 5.75 Å². The second-order valence-corrected chi connectivity index (χ2v) is 7.38. The maximum absolute atomic E-state index is 11.0. The highest BCUT2D eigenvalue weighted by atomic mass is 32.2. The summed E-state index contributed by atoms with van der Waals surface area (Å²) in [5.41, 5.74) is 1.27. The highest BCUT2D eigenvalue weighted by Gasteiger charge is 2.03. The summed E-state index contributed by atoms with van der Waals surface area (Å²) in [7, 11) is -2.96. The number of nitrogens with one attached hydrogen (secondary N) is 1. The minimum atomic E-state index is -2.96. The summed E-state index contributed by atoms with van der Waals surface area (Å²) in [5.74, 6) is 0.770. The highest BCUT2D eigenvalue weighted by Crippen LogP contribution is 2.14. The molecule has 0 radical (unpaired) electrons. The van der Waals surface area contributed by atoms with Gasteiger partial charge >= 0.3 is 0 Å². The summed E-state index contributed by atoms with van der Waals surface area (Å²) >= 11 is 0. The molecule has 1 atom stereocenters. The van der Waals surface area contributed by atoms with Gasteiger partial charge in [0.1, 0.15) is 12.4 Å². The molecule has 0 aliphatic carbocycles. The molecule has 20 heavy (non-hydrogen) atoms. The highest BCUT2D eigenvalue weighted by molar-refractivity contribution is 7.90. The third kappa shape index (κ3) is 7.50. The van der Waals surface area contributed by atoms with Crippen LogP contribution in [0.25, 0.3) is 0 Å². The number of ether oxygens (including phenoxy) is 1. The van der Waals surface area contributed by atoms with Gasteiger partial charge in [-0.15, -0.1) is 0 Å². The Hall–Kier alpha value is -1.07. The molecule has 1 aromatic rings. The van der Waals surface area contributed by atoms with Crippen LogP contribution in [-0.2, 0) is 16.3 Å². The van der Waals surface area contributed by atoms with Gasteiger partial charge in [0, 0.05) is 12.3 Å². The third-order valence-electron chi connectivity index (χ3n) is 3.06. The van der Waals surface area contributed by atoms with Gasteiger partial charge in [-0.25, -0.2) is 8.42 Å². The number of sulfone groups is 1. The van der Waals surface area contributed by atoms with Crippen molar-refractivity contribution in [1.29, 1.82) is 0 Å². The second-order valence-electron chi connectivity index (χ2n) is 5.12. The lowest BCUT2D eigenvalue weighted by molar-refractivity contribution is 0.341. The fourth-order valence-corrected chi connectivity index (χ4v) is 2.28. The smallest absolute Gasteiger partial charge is 0.150 e. The Morgan fingerprint density at radius 3 is 2.45 bits per heavy atom. The second kappa shape index (κ2) is 8.27. The first-order chi connectivity index (χ1) is 9.40. The van der Waals surface area contributed by atoms with Crippen molar-refractivity contribution in [2.24, 2.45) is 0 Å². The molecule has 0 saturated carbocycles. The van der Waals surface area contributed by atoms with Gasteiger partial charge in [-0.2, -0.15) is 0 Å². The van der Waals surface area contributed by atoms with Crippen molar-refractivity contribution >= 4 is 9.84 Å². The van der Waals surface area contributed by atoms with Crippen LogP contribution in [0.15, 0.2) is 24.3 Å². The SMILES string of the molecule is CCNC(C)CCc1ccc(OCCS(C)(=O)=O)cc1. The molecule has 1 unspecified atom stereocenters. The van der Waals surface area contributed by atoms with E-state index in [-0.39, 0.29) is 12.4 Å². The van der Waals surface area contributed by atoms with Crippen molar-refractivity contribution in [1.82, 2.24) is 5.32 Å². The number of aryl methyl sites for hydroxylation is 1. The van der Waals surface area contributed by atoms with Crippen LogP contribution in [0.2, 0.25) is 0 Å². The molecule has 0 aliphatic rings. The van der Waals surface area contributed by atoms with E-state index in [9.17, 15) is 8.42 Å². The quantitative estimate of drug-likeness (QED) is 0.758. The Kier molecular flexibility index (Phi) is 7.02. The van der Waals surface area contributed by atoms with E-state index in [0.717, 1.165) is 25.1 Å². The zero-order valence-corrected chi connectivity index (χ0v) is 13.4. The lowest BCUT2D eigenvalue weighted by Gasteiger charge is -2.12. The van der Waals surface area contributed by atoms with Gasteiger partial charge in [0.25, 0.3) is 0 Å². The zero-order chi connectivity index (χ0) is 15.0. The van der Waals surface area contributed by atoms with Crippen molar-refractivity contribution in [2.75, 3.05) is 25.2 Å². The summed E-state index contributed by atoms with van der Waals surface area (Å²) < 4.78 is 27.4. The molecule has 1 N–H and O–H groups in total. The Bertz CT molecular complexity index is 482. The standard InChI is InChI=1S/C15H25NO3S/c1-4-16-13(2)5-6-14-7-9-15(10-8-14)19-11-12-20(3,17)18/h7-10,13,16H,4-6,11-12H2,1-3H3. The van der Waals surface area contributed by atoms with Crippen molar-refractivity contribution in [2.45, 2.75) is 32.7 Å². The molecule has 0 amide bonds. The largest absolute Gasteiger partial charge is 0.493 e. The van der Waals surface area contributed by atoms with Crippen LogP contribution < -0.4 is 10.1 Å². The van der Waals surface area contributed by atoms with Crippen LogP contribution in [0.4, 0.5) is 0 Å². The Labute approximate surface area is 122 Å². The van der Waals surface area contributed by atoms with Crippen LogP contribution >= 0.6 is 0 Å². The average Bonchev–Trinajstić information content (AvgIpc) is 2.37. The van der Waals surface area contributed by atoms with Crippen LogP contribution in [0.3, 0.4) is 0 Å². The van der Waals surface area contributed by atoms with E-state index >= 15 is 0 Å². The first kappa shape index (κ1) is 17.0. The predicted octanol–water partition coefficient (Wildman–Crippen LogP) is 2.04. The van der Waals surface area contributed by atoms with E-state index in [2.05, 4.69) is 19.2 Å². The monoisotopic (exact) mass is 299 g/mol. The first-order valence-corrected chi connectivity index (χ1v) is 9.09. The molecule has 1 aromatic carbocycles. The normalized spacial score (nSPS) is 13.2. The first-order valence-electron chi connectivity index (χ1n) is 7.03. The maximum Gasteiger partial charge on any atom is 0.150 e. The zero-order valence-electron chi connectivity index (χ0n) is 12.6. The molecule has 1 rings (SSSR count). The van der Waals surface area contributed by atoms with E-state index in [1.54, 1.807) is 0 Å². The molecule has 0 aliphatic heterocycles. The minimum absolute atomic E-state index is 0.0505. The van der Waals surface area contributed by atoms with Crippen LogP contribution in [0.5, 0.6) is 5.75 Å². The van der Waals surface area contributed by atoms with Gasteiger partial charge in [-0.3, -0.25) is 0 Å². The molecule has 5 heteroatoms. The maximum atomic E-state index is 11.0. The predicted molar refractivity (Wildman–Crippen MR) is 83.1 cm³/mol.